The van der Waals surface area contributed by atoms with Crippen molar-refractivity contribution in [2.45, 2.75) is 25.8 Å². The summed E-state index contributed by atoms with van der Waals surface area (Å²) in [6.45, 7) is 4.73. The first-order valence-electron chi connectivity index (χ1n) is 7.75. The summed E-state index contributed by atoms with van der Waals surface area (Å²) in [5, 5.41) is 18.6. The van der Waals surface area contributed by atoms with Gasteiger partial charge in [0.2, 0.25) is 0 Å². The van der Waals surface area contributed by atoms with E-state index in [9.17, 15) is 10.2 Å². The molecule has 0 atom stereocenters. The second-order valence-corrected chi connectivity index (χ2v) is 6.00. The van der Waals surface area contributed by atoms with E-state index >= 15 is 0 Å². The maximum atomic E-state index is 9.30. The van der Waals surface area contributed by atoms with Crippen molar-refractivity contribution in [3.05, 3.63) is 83.8 Å². The van der Waals surface area contributed by atoms with Gasteiger partial charge in [0.05, 0.1) is 12.8 Å². The monoisotopic (exact) mass is 325 g/mol. The molecule has 0 spiro atoms. The predicted octanol–water partition coefficient (Wildman–Crippen LogP) is 4.16. The van der Waals surface area contributed by atoms with Crippen LogP contribution in [0.4, 0.5) is 0 Å². The summed E-state index contributed by atoms with van der Waals surface area (Å²) in [4.78, 5) is 0. The van der Waals surface area contributed by atoms with Crippen LogP contribution >= 0.6 is 0 Å². The minimum Gasteiger partial charge on any atom is -0.508 e. The highest BCUT2D eigenvalue weighted by molar-refractivity contribution is 5.41. The fourth-order valence-electron chi connectivity index (χ4n) is 2.35. The van der Waals surface area contributed by atoms with E-state index in [-0.39, 0.29) is 16.9 Å². The van der Waals surface area contributed by atoms with Gasteiger partial charge in [-0.2, -0.15) is 0 Å². The highest BCUT2D eigenvalue weighted by atomic mass is 16.3. The van der Waals surface area contributed by atoms with Crippen LogP contribution in [0.1, 0.15) is 30.7 Å². The van der Waals surface area contributed by atoms with Gasteiger partial charge in [0.1, 0.15) is 17.3 Å². The number of furan rings is 1. The summed E-state index contributed by atoms with van der Waals surface area (Å²) in [6.07, 6.45) is 1.61. The van der Waals surface area contributed by atoms with Crippen molar-refractivity contribution in [3.63, 3.8) is 0 Å². The summed E-state index contributed by atoms with van der Waals surface area (Å²) in [5.41, 5.74) is 7.30. The zero-order chi connectivity index (χ0) is 17.6. The first kappa shape index (κ1) is 17.6. The Hall–Kier alpha value is -2.72. The van der Waals surface area contributed by atoms with Gasteiger partial charge in [0, 0.05) is 5.41 Å². The number of hydrogen-bond donors (Lipinski definition) is 3. The van der Waals surface area contributed by atoms with Gasteiger partial charge in [-0.25, -0.2) is 0 Å². The second kappa shape index (κ2) is 7.70. The van der Waals surface area contributed by atoms with Gasteiger partial charge in [-0.3, -0.25) is 0 Å². The molecular weight excluding hydrogens is 302 g/mol. The molecule has 2 aromatic carbocycles. The molecule has 3 aromatic rings. The molecule has 0 aliphatic rings. The predicted molar refractivity (Wildman–Crippen MR) is 94.9 cm³/mol. The van der Waals surface area contributed by atoms with Gasteiger partial charge in [0.15, 0.2) is 0 Å². The number of aromatic hydroxyl groups is 2. The average molecular weight is 325 g/mol. The molecule has 0 aliphatic carbocycles. The average Bonchev–Trinajstić information content (AvgIpc) is 3.10. The Balaban J connectivity index is 0.000000249. The van der Waals surface area contributed by atoms with Gasteiger partial charge in [0.25, 0.3) is 0 Å². The van der Waals surface area contributed by atoms with E-state index in [4.69, 9.17) is 10.2 Å². The van der Waals surface area contributed by atoms with E-state index in [1.807, 2.05) is 36.4 Å². The Kier molecular flexibility index (Phi) is 5.66. The topological polar surface area (TPSA) is 79.6 Å². The van der Waals surface area contributed by atoms with Gasteiger partial charge < -0.3 is 20.4 Å². The van der Waals surface area contributed by atoms with Crippen LogP contribution in [0.15, 0.2) is 71.3 Å². The molecule has 4 N–H and O–H groups in total. The standard InChI is InChI=1S/C15H16O2.C5H7NO/c1-15(2,11-3-7-13(16)8-4-11)12-5-9-14(17)10-6-12;6-4-5-2-1-3-7-5/h3-10,16-17H,1-2H3;1-3H,4,6H2. The van der Waals surface area contributed by atoms with Crippen molar-refractivity contribution in [1.82, 2.24) is 0 Å². The third-order valence-electron chi connectivity index (χ3n) is 3.96. The van der Waals surface area contributed by atoms with E-state index in [2.05, 4.69) is 13.8 Å². The second-order valence-electron chi connectivity index (χ2n) is 6.00. The van der Waals surface area contributed by atoms with Crippen LogP contribution in [0.3, 0.4) is 0 Å². The van der Waals surface area contributed by atoms with Gasteiger partial charge >= 0.3 is 0 Å². The molecule has 0 aliphatic heterocycles. The molecule has 0 radical (unpaired) electrons. The SMILES string of the molecule is CC(C)(c1ccc(O)cc1)c1ccc(O)cc1.NCc1ccco1. The van der Waals surface area contributed by atoms with E-state index in [1.54, 1.807) is 30.5 Å². The molecule has 0 unspecified atom stereocenters. The van der Waals surface area contributed by atoms with Crippen LogP contribution in [-0.2, 0) is 12.0 Å². The fraction of sp³-hybridized carbons (Fsp3) is 0.200. The molecule has 126 valence electrons. The lowest BCUT2D eigenvalue weighted by molar-refractivity contribution is 0.474. The van der Waals surface area contributed by atoms with Crippen molar-refractivity contribution in [1.29, 1.82) is 0 Å². The van der Waals surface area contributed by atoms with Crippen LogP contribution in [0.5, 0.6) is 11.5 Å². The molecular formula is C20H23NO3. The summed E-state index contributed by atoms with van der Waals surface area (Å²) < 4.78 is 4.86. The molecule has 4 heteroatoms. The lowest BCUT2D eigenvalue weighted by Crippen LogP contribution is -2.18. The summed E-state index contributed by atoms with van der Waals surface area (Å²) in [5.74, 6) is 1.38. The Bertz CT molecular complexity index is 682. The van der Waals surface area contributed by atoms with Crippen LogP contribution < -0.4 is 5.73 Å². The van der Waals surface area contributed by atoms with Crippen molar-refractivity contribution >= 4 is 0 Å². The molecule has 1 aromatic heterocycles. The number of phenolic OH excluding ortho intramolecular Hbond substituents is 2. The van der Waals surface area contributed by atoms with E-state index < -0.39 is 0 Å². The van der Waals surface area contributed by atoms with Gasteiger partial charge in [-0.15, -0.1) is 0 Å². The molecule has 0 saturated carbocycles. The molecule has 3 rings (SSSR count). The third kappa shape index (κ3) is 4.40. The fourth-order valence-corrected chi connectivity index (χ4v) is 2.35. The molecule has 4 nitrogen and oxygen atoms in total. The number of rotatable bonds is 3. The molecule has 0 amide bonds. The molecule has 0 saturated heterocycles. The Morgan fingerprint density at radius 1 is 0.833 bits per heavy atom. The van der Waals surface area contributed by atoms with Crippen LogP contribution in [0, 0.1) is 0 Å². The summed E-state index contributed by atoms with van der Waals surface area (Å²) in [6, 6.07) is 18.1. The Labute approximate surface area is 142 Å². The smallest absolute Gasteiger partial charge is 0.117 e. The minimum atomic E-state index is -0.151. The largest absolute Gasteiger partial charge is 0.508 e. The normalized spacial score (nSPS) is 10.8. The molecule has 1 heterocycles. The first-order chi connectivity index (χ1) is 11.4. The van der Waals surface area contributed by atoms with E-state index in [0.29, 0.717) is 6.54 Å². The lowest BCUT2D eigenvalue weighted by atomic mass is 9.78. The van der Waals surface area contributed by atoms with Crippen molar-refractivity contribution in [2.75, 3.05) is 0 Å². The Morgan fingerprint density at radius 2 is 1.29 bits per heavy atom. The minimum absolute atomic E-state index is 0.151. The molecule has 24 heavy (non-hydrogen) atoms. The van der Waals surface area contributed by atoms with Crippen LogP contribution in [-0.4, -0.2) is 10.2 Å². The van der Waals surface area contributed by atoms with E-state index in [1.165, 1.54) is 0 Å². The van der Waals surface area contributed by atoms with Gasteiger partial charge in [-0.1, -0.05) is 38.1 Å². The zero-order valence-electron chi connectivity index (χ0n) is 13.9. The van der Waals surface area contributed by atoms with Gasteiger partial charge in [-0.05, 0) is 47.5 Å². The summed E-state index contributed by atoms with van der Waals surface area (Å²) >= 11 is 0. The number of benzene rings is 2. The zero-order valence-corrected chi connectivity index (χ0v) is 13.9. The summed E-state index contributed by atoms with van der Waals surface area (Å²) in [7, 11) is 0. The first-order valence-corrected chi connectivity index (χ1v) is 7.75. The maximum absolute atomic E-state index is 9.30. The van der Waals surface area contributed by atoms with E-state index in [0.717, 1.165) is 16.9 Å². The van der Waals surface area contributed by atoms with Crippen LogP contribution in [0.25, 0.3) is 0 Å². The lowest BCUT2D eigenvalue weighted by Gasteiger charge is -2.26. The van der Waals surface area contributed by atoms with Crippen molar-refractivity contribution in [3.8, 4) is 11.5 Å². The third-order valence-corrected chi connectivity index (χ3v) is 3.96. The van der Waals surface area contributed by atoms with Crippen LogP contribution in [0.2, 0.25) is 0 Å². The quantitative estimate of drug-likeness (QED) is 0.675. The highest BCUT2D eigenvalue weighted by Crippen LogP contribution is 2.32. The highest BCUT2D eigenvalue weighted by Gasteiger charge is 2.22. The molecule has 0 fully saturated rings. The van der Waals surface area contributed by atoms with Crippen molar-refractivity contribution in [2.24, 2.45) is 5.73 Å². The number of nitrogens with two attached hydrogens (primary N) is 1. The molecule has 0 bridgehead atoms. The van der Waals surface area contributed by atoms with Crippen molar-refractivity contribution < 1.29 is 14.6 Å². The number of hydrogen-bond acceptors (Lipinski definition) is 4. The maximum Gasteiger partial charge on any atom is 0.117 e. The Morgan fingerprint density at radius 3 is 1.58 bits per heavy atom. The number of phenols is 2.